The lowest BCUT2D eigenvalue weighted by Gasteiger charge is -2.26. The number of aromatic nitrogens is 1. The van der Waals surface area contributed by atoms with Crippen LogP contribution in [0.4, 0.5) is 5.69 Å². The minimum atomic E-state index is 0.920. The summed E-state index contributed by atoms with van der Waals surface area (Å²) in [6.07, 6.45) is 9.15. The topological polar surface area (TPSA) is 28.2 Å². The van der Waals surface area contributed by atoms with Crippen molar-refractivity contribution in [2.24, 2.45) is 5.92 Å². The highest BCUT2D eigenvalue weighted by Crippen LogP contribution is 2.32. The molecule has 2 rings (SSSR count). The summed E-state index contributed by atoms with van der Waals surface area (Å²) in [6.45, 7) is 8.85. The highest BCUT2D eigenvalue weighted by atomic mass is 15.1. The summed E-state index contributed by atoms with van der Waals surface area (Å²) in [7, 11) is 0. The van der Waals surface area contributed by atoms with Crippen LogP contribution in [0.2, 0.25) is 0 Å². The summed E-state index contributed by atoms with van der Waals surface area (Å²) in [5.74, 6) is 0.920. The van der Waals surface area contributed by atoms with E-state index in [2.05, 4.69) is 35.1 Å². The Morgan fingerprint density at radius 3 is 2.84 bits per heavy atom. The lowest BCUT2D eigenvalue weighted by molar-refractivity contribution is 0.663. The quantitative estimate of drug-likeness (QED) is 0.692. The van der Waals surface area contributed by atoms with Gasteiger partial charge in [0.15, 0.2) is 0 Å². The smallest absolute Gasteiger partial charge is 0.0598 e. The first-order valence-corrected chi connectivity index (χ1v) is 7.73. The van der Waals surface area contributed by atoms with Crippen LogP contribution in [-0.2, 0) is 6.54 Å². The van der Waals surface area contributed by atoms with Gasteiger partial charge in [0.1, 0.15) is 0 Å². The third kappa shape index (κ3) is 4.50. The van der Waals surface area contributed by atoms with Gasteiger partial charge in [-0.1, -0.05) is 13.8 Å². The minimum Gasteiger partial charge on any atom is -0.370 e. The second-order valence-electron chi connectivity index (χ2n) is 5.57. The Labute approximate surface area is 117 Å². The lowest BCUT2D eigenvalue weighted by Crippen LogP contribution is -2.28. The van der Waals surface area contributed by atoms with E-state index in [1.54, 1.807) is 0 Å². The Morgan fingerprint density at radius 2 is 2.16 bits per heavy atom. The van der Waals surface area contributed by atoms with Crippen LogP contribution >= 0.6 is 0 Å². The Kier molecular flexibility index (Phi) is 5.64. The van der Waals surface area contributed by atoms with E-state index in [4.69, 9.17) is 0 Å². The second kappa shape index (κ2) is 7.49. The summed E-state index contributed by atoms with van der Waals surface area (Å²) in [5.41, 5.74) is 2.72. The molecule has 1 aliphatic rings. The Bertz CT molecular complexity index is 374. The third-order valence-electron chi connectivity index (χ3n) is 3.64. The average molecular weight is 261 g/mol. The fourth-order valence-corrected chi connectivity index (χ4v) is 2.44. The van der Waals surface area contributed by atoms with Gasteiger partial charge in [-0.15, -0.1) is 0 Å². The molecule has 1 aromatic rings. The summed E-state index contributed by atoms with van der Waals surface area (Å²) in [5, 5.41) is 3.50. The molecule has 0 radical (unpaired) electrons. The number of nitrogens with zero attached hydrogens (tertiary/aromatic N) is 2. The molecule has 0 aliphatic heterocycles. The predicted octanol–water partition coefficient (Wildman–Crippen LogP) is 3.21. The van der Waals surface area contributed by atoms with Crippen LogP contribution in [-0.4, -0.2) is 24.6 Å². The van der Waals surface area contributed by atoms with Crippen molar-refractivity contribution in [3.63, 3.8) is 0 Å². The Morgan fingerprint density at radius 1 is 1.32 bits per heavy atom. The van der Waals surface area contributed by atoms with Crippen LogP contribution in [0.5, 0.6) is 0 Å². The van der Waals surface area contributed by atoms with Crippen LogP contribution in [0.25, 0.3) is 0 Å². The van der Waals surface area contributed by atoms with E-state index < -0.39 is 0 Å². The number of pyridine rings is 1. The monoisotopic (exact) mass is 261 g/mol. The zero-order chi connectivity index (χ0) is 13.5. The van der Waals surface area contributed by atoms with Crippen molar-refractivity contribution >= 4 is 5.69 Å². The molecule has 0 amide bonds. The first-order chi connectivity index (χ1) is 9.35. The summed E-state index contributed by atoms with van der Waals surface area (Å²) < 4.78 is 0. The van der Waals surface area contributed by atoms with E-state index in [9.17, 15) is 0 Å². The van der Waals surface area contributed by atoms with Gasteiger partial charge in [-0.25, -0.2) is 0 Å². The van der Waals surface area contributed by atoms with E-state index >= 15 is 0 Å². The predicted molar refractivity (Wildman–Crippen MR) is 81.5 cm³/mol. The molecule has 0 spiro atoms. The van der Waals surface area contributed by atoms with Gasteiger partial charge in [0.25, 0.3) is 0 Å². The largest absolute Gasteiger partial charge is 0.370 e. The maximum Gasteiger partial charge on any atom is 0.0598 e. The van der Waals surface area contributed by atoms with Crippen LogP contribution < -0.4 is 10.2 Å². The molecule has 0 unspecified atom stereocenters. The molecule has 1 saturated carbocycles. The van der Waals surface area contributed by atoms with Crippen LogP contribution in [0.3, 0.4) is 0 Å². The molecule has 0 saturated heterocycles. The van der Waals surface area contributed by atoms with Crippen molar-refractivity contribution in [3.8, 4) is 0 Å². The number of rotatable bonds is 9. The number of hydrogen-bond donors (Lipinski definition) is 1. The molecule has 3 heteroatoms. The molecule has 106 valence electrons. The van der Waals surface area contributed by atoms with Gasteiger partial charge >= 0.3 is 0 Å². The van der Waals surface area contributed by atoms with Gasteiger partial charge in [0.2, 0.25) is 0 Å². The second-order valence-corrected chi connectivity index (χ2v) is 5.57. The fraction of sp³-hybridized carbons (Fsp3) is 0.688. The molecule has 1 N–H and O–H groups in total. The van der Waals surface area contributed by atoms with Crippen LogP contribution in [0.1, 0.15) is 45.1 Å². The minimum absolute atomic E-state index is 0.920. The molecule has 0 aromatic carbocycles. The first kappa shape index (κ1) is 14.3. The van der Waals surface area contributed by atoms with Crippen molar-refractivity contribution in [1.82, 2.24) is 10.3 Å². The Balaban J connectivity index is 2.05. The highest BCUT2D eigenvalue weighted by Gasteiger charge is 2.25. The van der Waals surface area contributed by atoms with Crippen molar-refractivity contribution in [2.75, 3.05) is 24.5 Å². The van der Waals surface area contributed by atoms with E-state index in [1.165, 1.54) is 43.5 Å². The third-order valence-corrected chi connectivity index (χ3v) is 3.64. The SMILES string of the molecule is CCCNCc1ccncc1N(CCC)CC1CC1. The molecule has 1 aliphatic carbocycles. The van der Waals surface area contributed by atoms with Gasteiger partial charge < -0.3 is 10.2 Å². The Hall–Kier alpha value is -1.09. The molecule has 19 heavy (non-hydrogen) atoms. The first-order valence-electron chi connectivity index (χ1n) is 7.73. The number of anilines is 1. The maximum atomic E-state index is 4.33. The van der Waals surface area contributed by atoms with Gasteiger partial charge in [0, 0.05) is 25.8 Å². The number of hydrogen-bond acceptors (Lipinski definition) is 3. The maximum absolute atomic E-state index is 4.33. The van der Waals surface area contributed by atoms with Crippen molar-refractivity contribution in [2.45, 2.75) is 46.1 Å². The van der Waals surface area contributed by atoms with Gasteiger partial charge in [-0.05, 0) is 49.8 Å². The van der Waals surface area contributed by atoms with Crippen LogP contribution in [0.15, 0.2) is 18.5 Å². The van der Waals surface area contributed by atoms with Crippen molar-refractivity contribution in [1.29, 1.82) is 0 Å². The van der Waals surface area contributed by atoms with E-state index in [1.807, 2.05) is 12.4 Å². The van der Waals surface area contributed by atoms with E-state index in [0.29, 0.717) is 0 Å². The van der Waals surface area contributed by atoms with E-state index in [-0.39, 0.29) is 0 Å². The van der Waals surface area contributed by atoms with Gasteiger partial charge in [0.05, 0.1) is 11.9 Å². The van der Waals surface area contributed by atoms with Crippen molar-refractivity contribution in [3.05, 3.63) is 24.0 Å². The van der Waals surface area contributed by atoms with Crippen molar-refractivity contribution < 1.29 is 0 Å². The summed E-state index contributed by atoms with van der Waals surface area (Å²) in [6, 6.07) is 2.16. The zero-order valence-electron chi connectivity index (χ0n) is 12.4. The molecular formula is C16H27N3. The molecule has 1 heterocycles. The molecule has 0 atom stereocenters. The molecule has 3 nitrogen and oxygen atoms in total. The molecule has 1 fully saturated rings. The zero-order valence-corrected chi connectivity index (χ0v) is 12.4. The van der Waals surface area contributed by atoms with Crippen LogP contribution in [0, 0.1) is 5.92 Å². The van der Waals surface area contributed by atoms with Gasteiger partial charge in [-0.3, -0.25) is 4.98 Å². The average Bonchev–Trinajstić information content (AvgIpc) is 3.23. The lowest BCUT2D eigenvalue weighted by atomic mass is 10.2. The molecular weight excluding hydrogens is 234 g/mol. The summed E-state index contributed by atoms with van der Waals surface area (Å²) in [4.78, 5) is 6.87. The fourth-order valence-electron chi connectivity index (χ4n) is 2.44. The molecule has 0 bridgehead atoms. The summed E-state index contributed by atoms with van der Waals surface area (Å²) >= 11 is 0. The molecule has 1 aromatic heterocycles. The standard InChI is InChI=1S/C16H27N3/c1-3-8-17-11-15-7-9-18-12-16(15)19(10-4-2)13-14-5-6-14/h7,9,12,14,17H,3-6,8,10-11,13H2,1-2H3. The highest BCUT2D eigenvalue weighted by molar-refractivity contribution is 5.51. The normalized spacial score (nSPS) is 14.6. The number of nitrogens with one attached hydrogen (secondary N) is 1. The van der Waals surface area contributed by atoms with E-state index in [0.717, 1.165) is 25.6 Å². The van der Waals surface area contributed by atoms with Gasteiger partial charge in [-0.2, -0.15) is 0 Å².